The second-order valence-electron chi connectivity index (χ2n) is 4.81. The molecule has 0 unspecified atom stereocenters. The maximum Gasteiger partial charge on any atom is 0.326 e. The Morgan fingerprint density at radius 3 is 2.00 bits per heavy atom. The molecule has 0 saturated heterocycles. The van der Waals surface area contributed by atoms with Crippen LogP contribution in [0.1, 0.15) is 58.8 Å². The minimum absolute atomic E-state index is 0.296. The molecule has 4 heteroatoms. The van der Waals surface area contributed by atoms with Crippen molar-refractivity contribution in [2.75, 3.05) is 13.2 Å². The third-order valence-electron chi connectivity index (χ3n) is 2.52. The van der Waals surface area contributed by atoms with E-state index in [-0.39, 0.29) is 5.97 Å². The molecular formula is C13H25ClO3. The Morgan fingerprint density at radius 2 is 1.53 bits per heavy atom. The molecule has 0 aliphatic carbocycles. The molecule has 0 amide bonds. The van der Waals surface area contributed by atoms with Gasteiger partial charge >= 0.3 is 5.97 Å². The molecule has 0 spiro atoms. The molecule has 0 saturated carbocycles. The van der Waals surface area contributed by atoms with E-state index in [1.54, 1.807) is 13.8 Å². The number of rotatable bonds is 10. The highest BCUT2D eigenvalue weighted by Gasteiger charge is 2.25. The van der Waals surface area contributed by atoms with Crippen LogP contribution in [0.3, 0.4) is 0 Å². The quantitative estimate of drug-likeness (QED) is 0.374. The maximum absolute atomic E-state index is 11.3. The van der Waals surface area contributed by atoms with Crippen LogP contribution >= 0.6 is 11.6 Å². The van der Waals surface area contributed by atoms with Crippen LogP contribution in [0.5, 0.6) is 0 Å². The van der Waals surface area contributed by atoms with Crippen molar-refractivity contribution in [3.63, 3.8) is 0 Å². The number of aliphatic hydroxyl groups excluding tert-OH is 1. The summed E-state index contributed by atoms with van der Waals surface area (Å²) in [7, 11) is 0. The van der Waals surface area contributed by atoms with Crippen molar-refractivity contribution in [1.29, 1.82) is 0 Å². The molecule has 102 valence electrons. The van der Waals surface area contributed by atoms with E-state index in [9.17, 15) is 4.79 Å². The predicted octanol–water partition coefficient (Wildman–Crippen LogP) is 3.27. The van der Waals surface area contributed by atoms with Gasteiger partial charge in [0.15, 0.2) is 0 Å². The number of carbonyl (C=O) groups is 1. The first-order valence-electron chi connectivity index (χ1n) is 6.45. The summed E-state index contributed by atoms with van der Waals surface area (Å²) in [5.41, 5.74) is 0. The molecule has 0 heterocycles. The number of esters is 1. The zero-order chi connectivity index (χ0) is 13.1. The van der Waals surface area contributed by atoms with Gasteiger partial charge in [0.25, 0.3) is 0 Å². The van der Waals surface area contributed by atoms with Crippen LogP contribution in [0, 0.1) is 0 Å². The topological polar surface area (TPSA) is 46.5 Å². The molecular weight excluding hydrogens is 240 g/mol. The average molecular weight is 265 g/mol. The van der Waals surface area contributed by atoms with Gasteiger partial charge in [0.05, 0.1) is 6.61 Å². The lowest BCUT2D eigenvalue weighted by Crippen LogP contribution is -2.27. The first kappa shape index (κ1) is 16.7. The van der Waals surface area contributed by atoms with Gasteiger partial charge in [-0.25, -0.2) is 0 Å². The Bertz CT molecular complexity index is 199. The van der Waals surface area contributed by atoms with Crippen molar-refractivity contribution >= 4 is 17.6 Å². The van der Waals surface area contributed by atoms with Crippen LogP contribution in [0.2, 0.25) is 0 Å². The predicted molar refractivity (Wildman–Crippen MR) is 70.3 cm³/mol. The van der Waals surface area contributed by atoms with Gasteiger partial charge in [-0.05, 0) is 26.7 Å². The van der Waals surface area contributed by atoms with Crippen LogP contribution in [0.15, 0.2) is 0 Å². The van der Waals surface area contributed by atoms with Crippen molar-refractivity contribution in [2.45, 2.75) is 63.7 Å². The van der Waals surface area contributed by atoms with Gasteiger partial charge in [-0.15, -0.1) is 11.6 Å². The monoisotopic (exact) mass is 264 g/mol. The molecule has 0 bridgehead atoms. The fourth-order valence-electron chi connectivity index (χ4n) is 1.43. The smallest absolute Gasteiger partial charge is 0.326 e. The second kappa shape index (κ2) is 9.72. The molecule has 0 aromatic heterocycles. The molecule has 1 N–H and O–H groups in total. The van der Waals surface area contributed by atoms with Crippen molar-refractivity contribution in [1.82, 2.24) is 0 Å². The first-order valence-corrected chi connectivity index (χ1v) is 6.83. The van der Waals surface area contributed by atoms with E-state index in [1.807, 2.05) is 0 Å². The Balaban J connectivity index is 3.22. The molecule has 0 atom stereocenters. The van der Waals surface area contributed by atoms with E-state index < -0.39 is 4.87 Å². The number of unbranched alkanes of at least 4 members (excludes halogenated alkanes) is 6. The van der Waals surface area contributed by atoms with Crippen LogP contribution in [0.4, 0.5) is 0 Å². The van der Waals surface area contributed by atoms with Crippen molar-refractivity contribution in [2.24, 2.45) is 0 Å². The largest absolute Gasteiger partial charge is 0.464 e. The first-order chi connectivity index (χ1) is 7.98. The third-order valence-corrected chi connectivity index (χ3v) is 2.68. The molecule has 0 radical (unpaired) electrons. The summed E-state index contributed by atoms with van der Waals surface area (Å²) < 4.78 is 5.05. The maximum atomic E-state index is 11.3. The van der Waals surface area contributed by atoms with E-state index in [4.69, 9.17) is 21.4 Å². The Kier molecular flexibility index (Phi) is 9.56. The summed E-state index contributed by atoms with van der Waals surface area (Å²) in [6, 6.07) is 0. The van der Waals surface area contributed by atoms with Gasteiger partial charge in [-0.3, -0.25) is 4.79 Å². The number of ether oxygens (including phenoxy) is 1. The fourth-order valence-corrected chi connectivity index (χ4v) is 1.49. The standard InChI is InChI=1S/C13H25ClO3/c1-13(2,14)12(16)17-11-9-7-5-3-4-6-8-10-15/h15H,3-11H2,1-2H3. The number of alkyl halides is 1. The van der Waals surface area contributed by atoms with Gasteiger partial charge in [0.2, 0.25) is 0 Å². The summed E-state index contributed by atoms with van der Waals surface area (Å²) >= 11 is 5.80. The third kappa shape index (κ3) is 10.6. The summed E-state index contributed by atoms with van der Waals surface area (Å²) in [5.74, 6) is -0.345. The zero-order valence-electron chi connectivity index (χ0n) is 11.0. The second-order valence-corrected chi connectivity index (χ2v) is 5.75. The number of hydrogen-bond acceptors (Lipinski definition) is 3. The fraction of sp³-hybridized carbons (Fsp3) is 0.923. The highest BCUT2D eigenvalue weighted by molar-refractivity contribution is 6.33. The highest BCUT2D eigenvalue weighted by Crippen LogP contribution is 2.15. The minimum Gasteiger partial charge on any atom is -0.464 e. The number of hydrogen-bond donors (Lipinski definition) is 1. The Hall–Kier alpha value is -0.280. The lowest BCUT2D eigenvalue weighted by Gasteiger charge is -2.14. The molecule has 17 heavy (non-hydrogen) atoms. The summed E-state index contributed by atoms with van der Waals surface area (Å²) in [4.78, 5) is 10.4. The normalized spacial score (nSPS) is 11.5. The van der Waals surface area contributed by atoms with E-state index >= 15 is 0 Å². The number of halogens is 1. The van der Waals surface area contributed by atoms with Gasteiger partial charge in [-0.1, -0.05) is 32.1 Å². The Morgan fingerprint density at radius 1 is 1.06 bits per heavy atom. The van der Waals surface area contributed by atoms with Gasteiger partial charge in [-0.2, -0.15) is 0 Å². The molecule has 0 rings (SSSR count). The molecule has 0 aliphatic rings. The molecule has 3 nitrogen and oxygen atoms in total. The van der Waals surface area contributed by atoms with E-state index in [1.165, 1.54) is 12.8 Å². The van der Waals surface area contributed by atoms with E-state index in [0.29, 0.717) is 13.2 Å². The number of carbonyl (C=O) groups excluding carboxylic acids is 1. The van der Waals surface area contributed by atoms with Crippen LogP contribution in [-0.4, -0.2) is 29.2 Å². The SMILES string of the molecule is CC(C)(Cl)C(=O)OCCCCCCCCCO. The lowest BCUT2D eigenvalue weighted by atomic mass is 10.1. The zero-order valence-corrected chi connectivity index (χ0v) is 11.8. The van der Waals surface area contributed by atoms with Crippen LogP contribution in [0.25, 0.3) is 0 Å². The van der Waals surface area contributed by atoms with Crippen molar-refractivity contribution in [3.05, 3.63) is 0 Å². The van der Waals surface area contributed by atoms with Gasteiger partial charge in [0.1, 0.15) is 4.87 Å². The van der Waals surface area contributed by atoms with Crippen molar-refractivity contribution in [3.8, 4) is 0 Å². The molecule has 0 aromatic rings. The average Bonchev–Trinajstić information content (AvgIpc) is 2.25. The lowest BCUT2D eigenvalue weighted by molar-refractivity contribution is -0.146. The van der Waals surface area contributed by atoms with E-state index in [0.717, 1.165) is 32.1 Å². The van der Waals surface area contributed by atoms with Gasteiger partial charge in [0, 0.05) is 6.61 Å². The summed E-state index contributed by atoms with van der Waals surface area (Å²) in [6.45, 7) is 4.03. The summed E-state index contributed by atoms with van der Waals surface area (Å²) in [6.07, 6.45) is 7.51. The minimum atomic E-state index is -0.912. The Labute approximate surface area is 109 Å². The number of aliphatic hydroxyl groups is 1. The highest BCUT2D eigenvalue weighted by atomic mass is 35.5. The van der Waals surface area contributed by atoms with Crippen LogP contribution < -0.4 is 0 Å². The van der Waals surface area contributed by atoms with Crippen molar-refractivity contribution < 1.29 is 14.6 Å². The molecule has 0 aromatic carbocycles. The summed E-state index contributed by atoms with van der Waals surface area (Å²) in [5, 5.41) is 8.60. The van der Waals surface area contributed by atoms with Gasteiger partial charge < -0.3 is 9.84 Å². The van der Waals surface area contributed by atoms with Crippen LogP contribution in [-0.2, 0) is 9.53 Å². The van der Waals surface area contributed by atoms with E-state index in [2.05, 4.69) is 0 Å². The molecule has 0 fully saturated rings. The molecule has 0 aliphatic heterocycles.